The van der Waals surface area contributed by atoms with Crippen molar-refractivity contribution in [1.29, 1.82) is 0 Å². The molecule has 28 heavy (non-hydrogen) atoms. The lowest BCUT2D eigenvalue weighted by molar-refractivity contribution is -0.122. The Hall–Kier alpha value is -3.13. The topological polar surface area (TPSA) is 80.6 Å². The molecule has 0 saturated heterocycles. The van der Waals surface area contributed by atoms with Crippen LogP contribution in [0.1, 0.15) is 17.5 Å². The Bertz CT molecular complexity index is 992. The van der Waals surface area contributed by atoms with Crippen LogP contribution in [0.2, 0.25) is 0 Å². The molecular formula is C20H16BrFN2O4. The molecule has 1 atom stereocenters. The first kappa shape index (κ1) is 19.6. The van der Waals surface area contributed by atoms with E-state index in [-0.39, 0.29) is 5.76 Å². The second-order valence-corrected chi connectivity index (χ2v) is 6.69. The largest absolute Gasteiger partial charge is 0.480 e. The minimum Gasteiger partial charge on any atom is -0.480 e. The number of furan rings is 1. The van der Waals surface area contributed by atoms with E-state index in [9.17, 15) is 14.0 Å². The number of hydrogen-bond acceptors (Lipinski definition) is 4. The fourth-order valence-corrected chi connectivity index (χ4v) is 2.78. The van der Waals surface area contributed by atoms with Gasteiger partial charge in [-0.25, -0.2) is 4.39 Å². The van der Waals surface area contributed by atoms with E-state index in [1.54, 1.807) is 43.3 Å². The van der Waals surface area contributed by atoms with Crippen molar-refractivity contribution >= 4 is 39.1 Å². The van der Waals surface area contributed by atoms with Crippen molar-refractivity contribution in [2.24, 2.45) is 0 Å². The lowest BCUT2D eigenvalue weighted by Gasteiger charge is -2.16. The summed E-state index contributed by atoms with van der Waals surface area (Å²) in [6, 6.07) is 13.8. The number of ether oxygens (including phenoxy) is 1. The zero-order chi connectivity index (χ0) is 20.1. The Morgan fingerprint density at radius 1 is 1.07 bits per heavy atom. The SMILES string of the molecule is CC(Oc1ccc(F)cc1Br)C(=O)Nc1cccc(NC(=O)c2ccco2)c1. The molecule has 0 spiro atoms. The van der Waals surface area contributed by atoms with Gasteiger partial charge in [0.1, 0.15) is 11.6 Å². The molecule has 3 aromatic rings. The van der Waals surface area contributed by atoms with Crippen molar-refractivity contribution in [2.45, 2.75) is 13.0 Å². The van der Waals surface area contributed by atoms with Crippen molar-refractivity contribution < 1.29 is 23.1 Å². The molecule has 144 valence electrons. The highest BCUT2D eigenvalue weighted by Gasteiger charge is 2.17. The van der Waals surface area contributed by atoms with Gasteiger partial charge in [0.25, 0.3) is 11.8 Å². The third kappa shape index (κ3) is 4.98. The number of rotatable bonds is 6. The fourth-order valence-electron chi connectivity index (χ4n) is 2.33. The summed E-state index contributed by atoms with van der Waals surface area (Å²) in [4.78, 5) is 24.4. The van der Waals surface area contributed by atoms with Gasteiger partial charge >= 0.3 is 0 Å². The molecule has 0 aliphatic rings. The first-order valence-electron chi connectivity index (χ1n) is 8.30. The van der Waals surface area contributed by atoms with Crippen LogP contribution in [-0.2, 0) is 4.79 Å². The van der Waals surface area contributed by atoms with Crippen molar-refractivity contribution in [1.82, 2.24) is 0 Å². The van der Waals surface area contributed by atoms with Gasteiger partial charge < -0.3 is 19.8 Å². The molecule has 0 aliphatic heterocycles. The number of anilines is 2. The van der Waals surface area contributed by atoms with Crippen LogP contribution >= 0.6 is 15.9 Å². The summed E-state index contributed by atoms with van der Waals surface area (Å²) in [5.41, 5.74) is 0.977. The van der Waals surface area contributed by atoms with Crippen LogP contribution in [-0.4, -0.2) is 17.9 Å². The molecule has 2 aromatic carbocycles. The lowest BCUT2D eigenvalue weighted by Crippen LogP contribution is -2.30. The second-order valence-electron chi connectivity index (χ2n) is 5.84. The lowest BCUT2D eigenvalue weighted by atomic mass is 10.2. The minimum atomic E-state index is -0.830. The summed E-state index contributed by atoms with van der Waals surface area (Å²) in [7, 11) is 0. The van der Waals surface area contributed by atoms with Gasteiger partial charge in [-0.05, 0) is 71.4 Å². The predicted octanol–water partition coefficient (Wildman–Crippen LogP) is 4.84. The second kappa shape index (κ2) is 8.71. The third-order valence-corrected chi connectivity index (χ3v) is 4.32. The molecule has 0 aliphatic carbocycles. The van der Waals surface area contributed by atoms with E-state index >= 15 is 0 Å². The van der Waals surface area contributed by atoms with Gasteiger partial charge in [-0.15, -0.1) is 0 Å². The first-order chi connectivity index (χ1) is 13.4. The molecular weight excluding hydrogens is 431 g/mol. The molecule has 0 saturated carbocycles. The van der Waals surface area contributed by atoms with E-state index in [4.69, 9.17) is 9.15 Å². The number of hydrogen-bond donors (Lipinski definition) is 2. The molecule has 2 amide bonds. The molecule has 3 rings (SSSR count). The monoisotopic (exact) mass is 446 g/mol. The van der Waals surface area contributed by atoms with Crippen LogP contribution in [0.3, 0.4) is 0 Å². The summed E-state index contributed by atoms with van der Waals surface area (Å²) in [6.07, 6.45) is 0.579. The Labute approximate surface area is 168 Å². The molecule has 0 bridgehead atoms. The molecule has 0 radical (unpaired) electrons. The van der Waals surface area contributed by atoms with Gasteiger partial charge in [-0.2, -0.15) is 0 Å². The smallest absolute Gasteiger partial charge is 0.291 e. The van der Waals surface area contributed by atoms with E-state index < -0.39 is 23.7 Å². The number of benzene rings is 2. The molecule has 6 nitrogen and oxygen atoms in total. The quantitative estimate of drug-likeness (QED) is 0.567. The molecule has 2 N–H and O–H groups in total. The van der Waals surface area contributed by atoms with E-state index in [1.807, 2.05) is 0 Å². The zero-order valence-electron chi connectivity index (χ0n) is 14.7. The van der Waals surface area contributed by atoms with Gasteiger partial charge in [0.15, 0.2) is 11.9 Å². The number of amides is 2. The fraction of sp³-hybridized carbons (Fsp3) is 0.100. The van der Waals surface area contributed by atoms with E-state index in [0.717, 1.165) is 0 Å². The third-order valence-electron chi connectivity index (χ3n) is 3.70. The average molecular weight is 447 g/mol. The summed E-state index contributed by atoms with van der Waals surface area (Å²) >= 11 is 3.20. The van der Waals surface area contributed by atoms with Crippen molar-refractivity contribution in [2.75, 3.05) is 10.6 Å². The number of carbonyl (C=O) groups is 2. The van der Waals surface area contributed by atoms with Crippen LogP contribution in [0.15, 0.2) is 69.8 Å². The number of carbonyl (C=O) groups excluding carboxylic acids is 2. The molecule has 1 aromatic heterocycles. The molecule has 8 heteroatoms. The van der Waals surface area contributed by atoms with E-state index in [0.29, 0.717) is 21.6 Å². The Morgan fingerprint density at radius 3 is 2.50 bits per heavy atom. The van der Waals surface area contributed by atoms with Crippen LogP contribution in [0.25, 0.3) is 0 Å². The van der Waals surface area contributed by atoms with Crippen LogP contribution in [0.5, 0.6) is 5.75 Å². The maximum atomic E-state index is 13.1. The molecule has 1 heterocycles. The minimum absolute atomic E-state index is 0.182. The van der Waals surface area contributed by atoms with E-state index in [2.05, 4.69) is 26.6 Å². The van der Waals surface area contributed by atoms with Gasteiger partial charge in [0, 0.05) is 11.4 Å². The molecule has 1 unspecified atom stereocenters. The summed E-state index contributed by atoms with van der Waals surface area (Å²) in [5.74, 6) is -0.674. The Kier molecular flexibility index (Phi) is 6.10. The maximum Gasteiger partial charge on any atom is 0.291 e. The highest BCUT2D eigenvalue weighted by atomic mass is 79.9. The van der Waals surface area contributed by atoms with E-state index in [1.165, 1.54) is 24.5 Å². The van der Waals surface area contributed by atoms with Crippen LogP contribution in [0, 0.1) is 5.82 Å². The predicted molar refractivity (Wildman–Crippen MR) is 106 cm³/mol. The zero-order valence-corrected chi connectivity index (χ0v) is 16.3. The number of nitrogens with one attached hydrogen (secondary N) is 2. The van der Waals surface area contributed by atoms with Crippen LogP contribution < -0.4 is 15.4 Å². The summed E-state index contributed by atoms with van der Waals surface area (Å²) in [5, 5.41) is 5.40. The first-order valence-corrected chi connectivity index (χ1v) is 9.09. The van der Waals surface area contributed by atoms with Crippen molar-refractivity contribution in [3.8, 4) is 5.75 Å². The maximum absolute atomic E-state index is 13.1. The van der Waals surface area contributed by atoms with Crippen LogP contribution in [0.4, 0.5) is 15.8 Å². The van der Waals surface area contributed by atoms with Gasteiger partial charge in [0.2, 0.25) is 0 Å². The van der Waals surface area contributed by atoms with Crippen molar-refractivity contribution in [3.05, 3.63) is 76.9 Å². The normalized spacial score (nSPS) is 11.5. The Morgan fingerprint density at radius 2 is 1.82 bits per heavy atom. The van der Waals surface area contributed by atoms with Gasteiger partial charge in [0.05, 0.1) is 10.7 Å². The number of halogens is 2. The standard InChI is InChI=1S/C20H16BrFN2O4/c1-12(28-17-8-7-13(22)10-16(17)21)19(25)23-14-4-2-5-15(11-14)24-20(26)18-6-3-9-27-18/h2-12H,1H3,(H,23,25)(H,24,26). The average Bonchev–Trinajstić information content (AvgIpc) is 3.19. The molecule has 0 fully saturated rings. The van der Waals surface area contributed by atoms with Gasteiger partial charge in [-0.3, -0.25) is 9.59 Å². The highest BCUT2D eigenvalue weighted by Crippen LogP contribution is 2.26. The van der Waals surface area contributed by atoms with Gasteiger partial charge in [-0.1, -0.05) is 6.07 Å². The van der Waals surface area contributed by atoms with Crippen molar-refractivity contribution in [3.63, 3.8) is 0 Å². The highest BCUT2D eigenvalue weighted by molar-refractivity contribution is 9.10. The Balaban J connectivity index is 1.62. The summed E-state index contributed by atoms with van der Waals surface area (Å²) in [6.45, 7) is 1.58. The summed E-state index contributed by atoms with van der Waals surface area (Å²) < 4.78 is 24.2.